The Kier molecular flexibility index (Phi) is 6.65. The molecule has 4 aromatic rings. The summed E-state index contributed by atoms with van der Waals surface area (Å²) in [5.41, 5.74) is 2.61. The van der Waals surface area contributed by atoms with Crippen LogP contribution in [0.25, 0.3) is 6.08 Å². The SMILES string of the molecule is O=C(/C=C/c1ccc(OCCc2ccccc2)cc1)Nc1cccc2c1OC(c1nnn[nH]1)CO2. The highest BCUT2D eigenvalue weighted by Crippen LogP contribution is 2.41. The fourth-order valence-electron chi connectivity index (χ4n) is 3.58. The first-order valence-electron chi connectivity index (χ1n) is 11.2. The fraction of sp³-hybridized carbons (Fsp3) is 0.154. The zero-order chi connectivity index (χ0) is 23.9. The molecular weight excluding hydrogens is 446 g/mol. The Balaban J connectivity index is 1.16. The first kappa shape index (κ1) is 22.1. The topological polar surface area (TPSA) is 111 Å². The molecule has 1 aromatic heterocycles. The number of amides is 1. The van der Waals surface area contributed by atoms with Crippen molar-refractivity contribution in [1.82, 2.24) is 20.6 Å². The number of H-pyrrole nitrogens is 1. The number of rotatable bonds is 8. The van der Waals surface area contributed by atoms with Crippen LogP contribution >= 0.6 is 0 Å². The largest absolute Gasteiger partial charge is 0.493 e. The van der Waals surface area contributed by atoms with E-state index in [4.69, 9.17) is 14.2 Å². The van der Waals surface area contributed by atoms with E-state index in [1.165, 1.54) is 11.6 Å². The van der Waals surface area contributed by atoms with Crippen molar-refractivity contribution in [2.45, 2.75) is 12.5 Å². The molecule has 9 heteroatoms. The third kappa shape index (κ3) is 5.64. The Labute approximate surface area is 201 Å². The van der Waals surface area contributed by atoms with Gasteiger partial charge in [0, 0.05) is 12.5 Å². The number of anilines is 1. The number of tetrazole rings is 1. The van der Waals surface area contributed by atoms with Gasteiger partial charge < -0.3 is 19.5 Å². The zero-order valence-corrected chi connectivity index (χ0v) is 18.8. The number of carbonyl (C=O) groups excluding carboxylic acids is 1. The molecule has 5 rings (SSSR count). The number of para-hydroxylation sites is 1. The summed E-state index contributed by atoms with van der Waals surface area (Å²) in [6.07, 6.45) is 3.54. The van der Waals surface area contributed by atoms with Crippen LogP contribution in [0.3, 0.4) is 0 Å². The summed E-state index contributed by atoms with van der Waals surface area (Å²) in [6, 6.07) is 23.1. The van der Waals surface area contributed by atoms with E-state index in [0.29, 0.717) is 29.6 Å². The van der Waals surface area contributed by atoms with Crippen LogP contribution in [0.2, 0.25) is 0 Å². The maximum absolute atomic E-state index is 12.6. The molecule has 0 fully saturated rings. The van der Waals surface area contributed by atoms with Gasteiger partial charge in [-0.1, -0.05) is 48.5 Å². The number of aromatic amines is 1. The maximum Gasteiger partial charge on any atom is 0.248 e. The van der Waals surface area contributed by atoms with E-state index in [0.717, 1.165) is 17.7 Å². The van der Waals surface area contributed by atoms with Gasteiger partial charge in [-0.3, -0.25) is 4.79 Å². The molecule has 35 heavy (non-hydrogen) atoms. The molecule has 1 aliphatic heterocycles. The molecule has 0 saturated heterocycles. The number of hydrogen-bond donors (Lipinski definition) is 2. The van der Waals surface area contributed by atoms with Crippen molar-refractivity contribution in [3.63, 3.8) is 0 Å². The second kappa shape index (κ2) is 10.5. The molecule has 3 aromatic carbocycles. The van der Waals surface area contributed by atoms with Crippen LogP contribution in [0.4, 0.5) is 5.69 Å². The van der Waals surface area contributed by atoms with Gasteiger partial charge in [-0.2, -0.15) is 0 Å². The van der Waals surface area contributed by atoms with Gasteiger partial charge in [0.25, 0.3) is 0 Å². The minimum absolute atomic E-state index is 0.257. The van der Waals surface area contributed by atoms with Crippen molar-refractivity contribution >= 4 is 17.7 Å². The van der Waals surface area contributed by atoms with Crippen molar-refractivity contribution in [2.75, 3.05) is 18.5 Å². The molecule has 1 aliphatic rings. The predicted octanol–water partition coefficient (Wildman–Crippen LogP) is 3.99. The lowest BCUT2D eigenvalue weighted by atomic mass is 10.2. The standard InChI is InChI=1S/C26H23N5O4/c32-24(14-11-19-9-12-20(13-10-19)33-16-15-18-5-2-1-3-6-18)27-21-7-4-8-22-25(21)35-23(17-34-22)26-28-30-31-29-26/h1-14,23H,15-17H2,(H,27,32)(H,28,29,30,31)/b14-11+. The summed E-state index contributed by atoms with van der Waals surface area (Å²) in [5, 5.41) is 16.5. The number of ether oxygens (including phenoxy) is 3. The molecule has 2 heterocycles. The van der Waals surface area contributed by atoms with Gasteiger partial charge in [0.15, 0.2) is 23.4 Å². The molecule has 1 amide bonds. The lowest BCUT2D eigenvalue weighted by molar-refractivity contribution is -0.111. The smallest absolute Gasteiger partial charge is 0.248 e. The van der Waals surface area contributed by atoms with Gasteiger partial charge in [0.05, 0.1) is 12.3 Å². The third-order valence-electron chi connectivity index (χ3n) is 5.36. The Morgan fingerprint density at radius 2 is 1.94 bits per heavy atom. The Hall–Kier alpha value is -4.66. The Morgan fingerprint density at radius 1 is 1.09 bits per heavy atom. The number of aromatic nitrogens is 4. The van der Waals surface area contributed by atoms with Crippen LogP contribution < -0.4 is 19.5 Å². The lowest BCUT2D eigenvalue weighted by Crippen LogP contribution is -2.24. The Bertz CT molecular complexity index is 1290. The normalized spacial score (nSPS) is 14.6. The van der Waals surface area contributed by atoms with Crippen LogP contribution in [0.15, 0.2) is 78.9 Å². The van der Waals surface area contributed by atoms with E-state index in [2.05, 4.69) is 38.1 Å². The van der Waals surface area contributed by atoms with E-state index >= 15 is 0 Å². The molecule has 1 unspecified atom stereocenters. The number of benzene rings is 3. The number of carbonyl (C=O) groups is 1. The number of hydrogen-bond acceptors (Lipinski definition) is 7. The van der Waals surface area contributed by atoms with Gasteiger partial charge in [-0.05, 0) is 51.9 Å². The summed E-state index contributed by atoms with van der Waals surface area (Å²) >= 11 is 0. The van der Waals surface area contributed by atoms with Crippen molar-refractivity contribution < 1.29 is 19.0 Å². The first-order chi connectivity index (χ1) is 17.2. The molecule has 2 N–H and O–H groups in total. The quantitative estimate of drug-likeness (QED) is 0.376. The molecule has 0 radical (unpaired) electrons. The summed E-state index contributed by atoms with van der Waals surface area (Å²) in [7, 11) is 0. The monoisotopic (exact) mass is 469 g/mol. The number of nitrogens with one attached hydrogen (secondary N) is 2. The maximum atomic E-state index is 12.6. The second-order valence-corrected chi connectivity index (χ2v) is 7.81. The number of nitrogens with zero attached hydrogens (tertiary/aromatic N) is 3. The minimum atomic E-state index is -0.500. The van der Waals surface area contributed by atoms with Gasteiger partial charge in [-0.15, -0.1) is 5.10 Å². The summed E-state index contributed by atoms with van der Waals surface area (Å²) in [4.78, 5) is 12.6. The van der Waals surface area contributed by atoms with Crippen LogP contribution in [-0.2, 0) is 11.2 Å². The molecule has 0 saturated carbocycles. The zero-order valence-electron chi connectivity index (χ0n) is 18.8. The molecular formula is C26H23N5O4. The molecule has 0 spiro atoms. The van der Waals surface area contributed by atoms with Crippen LogP contribution in [-0.4, -0.2) is 39.7 Å². The third-order valence-corrected chi connectivity index (χ3v) is 5.36. The van der Waals surface area contributed by atoms with Gasteiger partial charge in [0.1, 0.15) is 12.4 Å². The predicted molar refractivity (Wildman–Crippen MR) is 129 cm³/mol. The van der Waals surface area contributed by atoms with Crippen LogP contribution in [0, 0.1) is 0 Å². The number of fused-ring (bicyclic) bond motifs is 1. The van der Waals surface area contributed by atoms with Crippen LogP contribution in [0.5, 0.6) is 17.2 Å². The molecule has 0 bridgehead atoms. The highest BCUT2D eigenvalue weighted by Gasteiger charge is 2.27. The fourth-order valence-corrected chi connectivity index (χ4v) is 3.58. The van der Waals surface area contributed by atoms with Gasteiger partial charge in [0.2, 0.25) is 5.91 Å². The average Bonchev–Trinajstić information content (AvgIpc) is 3.44. The second-order valence-electron chi connectivity index (χ2n) is 7.81. The summed E-state index contributed by atoms with van der Waals surface area (Å²) < 4.78 is 17.6. The van der Waals surface area contributed by atoms with Gasteiger partial charge in [-0.25, -0.2) is 5.10 Å². The van der Waals surface area contributed by atoms with E-state index in [1.807, 2.05) is 42.5 Å². The van der Waals surface area contributed by atoms with Crippen molar-refractivity contribution in [2.24, 2.45) is 0 Å². The summed E-state index contributed by atoms with van der Waals surface area (Å²) in [5.74, 6) is 1.90. The van der Waals surface area contributed by atoms with E-state index in [9.17, 15) is 4.79 Å². The molecule has 0 aliphatic carbocycles. The minimum Gasteiger partial charge on any atom is -0.493 e. The van der Waals surface area contributed by atoms with E-state index < -0.39 is 6.10 Å². The van der Waals surface area contributed by atoms with Crippen molar-refractivity contribution in [1.29, 1.82) is 0 Å². The van der Waals surface area contributed by atoms with Gasteiger partial charge >= 0.3 is 0 Å². The Morgan fingerprint density at radius 3 is 2.74 bits per heavy atom. The van der Waals surface area contributed by atoms with Crippen molar-refractivity contribution in [3.05, 3.63) is 95.8 Å². The highest BCUT2D eigenvalue weighted by atomic mass is 16.6. The van der Waals surface area contributed by atoms with Crippen LogP contribution in [0.1, 0.15) is 23.1 Å². The highest BCUT2D eigenvalue weighted by molar-refractivity contribution is 6.03. The first-order valence-corrected chi connectivity index (χ1v) is 11.2. The molecule has 176 valence electrons. The summed E-state index contributed by atoms with van der Waals surface area (Å²) in [6.45, 7) is 0.857. The van der Waals surface area contributed by atoms with Crippen molar-refractivity contribution in [3.8, 4) is 17.2 Å². The van der Waals surface area contributed by atoms with E-state index in [1.54, 1.807) is 24.3 Å². The van der Waals surface area contributed by atoms with E-state index in [-0.39, 0.29) is 12.5 Å². The molecule has 1 atom stereocenters. The molecule has 9 nitrogen and oxygen atoms in total. The average molecular weight is 470 g/mol. The lowest BCUT2D eigenvalue weighted by Gasteiger charge is -2.26.